The number of hydrogen-bond acceptors (Lipinski definition) is 4. The summed E-state index contributed by atoms with van der Waals surface area (Å²) in [6, 6.07) is 14.9. The summed E-state index contributed by atoms with van der Waals surface area (Å²) in [5.74, 6) is -0.0649. The van der Waals surface area contributed by atoms with E-state index in [4.69, 9.17) is 4.98 Å². The third-order valence-corrected chi connectivity index (χ3v) is 7.03. The Bertz CT molecular complexity index is 1280. The summed E-state index contributed by atoms with van der Waals surface area (Å²) in [4.78, 5) is 34.3. The van der Waals surface area contributed by atoms with Gasteiger partial charge in [0, 0.05) is 22.2 Å². The molecular formula is C25H23N3O2S. The summed E-state index contributed by atoms with van der Waals surface area (Å²) in [6.45, 7) is 4.37. The molecule has 0 radical (unpaired) electrons. The molecule has 31 heavy (non-hydrogen) atoms. The molecule has 1 aliphatic rings. The van der Waals surface area contributed by atoms with Crippen molar-refractivity contribution in [3.05, 3.63) is 82.0 Å². The molecule has 156 valence electrons. The molecule has 0 aliphatic heterocycles. The number of para-hydroxylation sites is 2. The van der Waals surface area contributed by atoms with Gasteiger partial charge in [0.1, 0.15) is 6.54 Å². The maximum Gasteiger partial charge on any atom is 0.249 e. The van der Waals surface area contributed by atoms with Crippen molar-refractivity contribution >= 4 is 44.2 Å². The number of thiazole rings is 1. The lowest BCUT2D eigenvalue weighted by Gasteiger charge is -2.21. The lowest BCUT2D eigenvalue weighted by atomic mass is 10.0. The zero-order valence-corrected chi connectivity index (χ0v) is 18.0. The van der Waals surface area contributed by atoms with Crippen LogP contribution in [-0.2, 0) is 24.2 Å². The van der Waals surface area contributed by atoms with E-state index in [1.54, 1.807) is 22.3 Å². The average Bonchev–Trinajstić information content (AvgIpc) is 3.24. The van der Waals surface area contributed by atoms with Crippen molar-refractivity contribution in [1.29, 1.82) is 0 Å². The topological polar surface area (TPSA) is 55.2 Å². The monoisotopic (exact) mass is 429 g/mol. The quantitative estimate of drug-likeness (QED) is 0.341. The molecule has 6 heteroatoms. The van der Waals surface area contributed by atoms with Crippen molar-refractivity contribution in [1.82, 2.24) is 9.55 Å². The summed E-state index contributed by atoms with van der Waals surface area (Å²) < 4.78 is 1.94. The van der Waals surface area contributed by atoms with E-state index in [-0.39, 0.29) is 17.9 Å². The molecule has 4 aromatic rings. The highest BCUT2D eigenvalue weighted by Gasteiger charge is 2.23. The molecule has 1 amide bonds. The highest BCUT2D eigenvalue weighted by molar-refractivity contribution is 7.16. The van der Waals surface area contributed by atoms with Crippen LogP contribution >= 0.6 is 11.3 Å². The minimum Gasteiger partial charge on any atom is -0.331 e. The van der Waals surface area contributed by atoms with Crippen LogP contribution in [0, 0.1) is 0 Å². The first-order chi connectivity index (χ1) is 15.2. The van der Waals surface area contributed by atoms with Crippen molar-refractivity contribution in [2.75, 3.05) is 11.4 Å². The Kier molecular flexibility index (Phi) is 5.16. The van der Waals surface area contributed by atoms with Gasteiger partial charge in [-0.2, -0.15) is 0 Å². The Morgan fingerprint density at radius 1 is 1.06 bits per heavy atom. The zero-order chi connectivity index (χ0) is 21.4. The first kappa shape index (κ1) is 19.7. The van der Waals surface area contributed by atoms with Gasteiger partial charge in [-0.3, -0.25) is 14.5 Å². The Hall–Kier alpha value is -3.25. The third-order valence-electron chi connectivity index (χ3n) is 5.85. The summed E-state index contributed by atoms with van der Waals surface area (Å²) >= 11 is 1.62. The smallest absolute Gasteiger partial charge is 0.249 e. The van der Waals surface area contributed by atoms with Crippen LogP contribution in [0.1, 0.15) is 23.4 Å². The number of nitrogens with zero attached hydrogens (tertiary/aromatic N) is 3. The average molecular weight is 430 g/mol. The zero-order valence-electron chi connectivity index (χ0n) is 17.2. The van der Waals surface area contributed by atoms with Gasteiger partial charge >= 0.3 is 0 Å². The number of carbonyl (C=O) groups is 1. The summed E-state index contributed by atoms with van der Waals surface area (Å²) in [5.41, 5.74) is 2.64. The first-order valence-corrected chi connectivity index (χ1v) is 11.4. The number of rotatable bonds is 5. The summed E-state index contributed by atoms with van der Waals surface area (Å²) in [7, 11) is 0. The number of anilines is 1. The number of pyridine rings is 1. The van der Waals surface area contributed by atoms with E-state index in [1.807, 2.05) is 53.1 Å². The number of carbonyl (C=O) groups excluding carboxylic acids is 1. The number of amides is 1. The number of fused-ring (bicyclic) bond motifs is 3. The first-order valence-electron chi connectivity index (χ1n) is 10.6. The van der Waals surface area contributed by atoms with Crippen molar-refractivity contribution < 1.29 is 4.79 Å². The summed E-state index contributed by atoms with van der Waals surface area (Å²) in [6.07, 6.45) is 6.09. The van der Waals surface area contributed by atoms with Gasteiger partial charge in [-0.05, 0) is 49.9 Å². The lowest BCUT2D eigenvalue weighted by molar-refractivity contribution is -0.118. The fourth-order valence-electron chi connectivity index (χ4n) is 4.34. The molecule has 0 bridgehead atoms. The standard InChI is InChI=1S/C25H23N3O2S/c1-2-15-27(25-26-19-11-5-8-14-22(19)31-25)23(29)16-28-20-12-6-3-9-17(20)24(30)18-10-4-7-13-21(18)28/h2-4,6-7,9-10,12-13H,1,5,8,11,14-16H2. The Morgan fingerprint density at radius 2 is 1.71 bits per heavy atom. The largest absolute Gasteiger partial charge is 0.331 e. The maximum atomic E-state index is 13.5. The van der Waals surface area contributed by atoms with Crippen LogP contribution in [0.25, 0.3) is 21.8 Å². The van der Waals surface area contributed by atoms with Crippen LogP contribution < -0.4 is 10.3 Å². The predicted octanol–water partition coefficient (Wildman–Crippen LogP) is 4.71. The van der Waals surface area contributed by atoms with Gasteiger partial charge in [-0.1, -0.05) is 30.3 Å². The third kappa shape index (κ3) is 3.47. The second-order valence-electron chi connectivity index (χ2n) is 7.82. The Morgan fingerprint density at radius 3 is 2.35 bits per heavy atom. The predicted molar refractivity (Wildman–Crippen MR) is 127 cm³/mol. The van der Waals surface area contributed by atoms with Crippen LogP contribution in [0.5, 0.6) is 0 Å². The van der Waals surface area contributed by atoms with E-state index in [2.05, 4.69) is 6.58 Å². The number of hydrogen-bond donors (Lipinski definition) is 0. The minimum atomic E-state index is -0.0649. The molecule has 0 spiro atoms. The number of aromatic nitrogens is 2. The van der Waals surface area contributed by atoms with Gasteiger partial charge in [0.25, 0.3) is 0 Å². The van der Waals surface area contributed by atoms with Crippen LogP contribution in [0.15, 0.2) is 66.0 Å². The fourth-order valence-corrected chi connectivity index (χ4v) is 5.51. The van der Waals surface area contributed by atoms with E-state index in [0.717, 1.165) is 41.1 Å². The second-order valence-corrected chi connectivity index (χ2v) is 8.88. The molecule has 0 unspecified atom stereocenters. The van der Waals surface area contributed by atoms with E-state index in [0.29, 0.717) is 17.3 Å². The normalized spacial score (nSPS) is 13.3. The van der Waals surface area contributed by atoms with Gasteiger partial charge < -0.3 is 4.57 Å². The van der Waals surface area contributed by atoms with Crippen molar-refractivity contribution in [2.45, 2.75) is 32.2 Å². The summed E-state index contributed by atoms with van der Waals surface area (Å²) in [5, 5.41) is 1.98. The number of benzene rings is 2. The van der Waals surface area contributed by atoms with Gasteiger partial charge in [0.05, 0.1) is 16.7 Å². The van der Waals surface area contributed by atoms with Gasteiger partial charge in [-0.25, -0.2) is 4.98 Å². The van der Waals surface area contributed by atoms with Crippen molar-refractivity contribution in [3.63, 3.8) is 0 Å². The Labute approximate surface area is 184 Å². The van der Waals surface area contributed by atoms with Gasteiger partial charge in [-0.15, -0.1) is 17.9 Å². The molecule has 1 aliphatic carbocycles. The molecule has 2 aromatic heterocycles. The fraction of sp³-hybridized carbons (Fsp3) is 0.240. The van der Waals surface area contributed by atoms with Crippen molar-refractivity contribution in [2.24, 2.45) is 0 Å². The van der Waals surface area contributed by atoms with Crippen LogP contribution in [-0.4, -0.2) is 22.0 Å². The Balaban J connectivity index is 1.60. The molecule has 2 heterocycles. The molecule has 0 N–H and O–H groups in total. The molecule has 5 rings (SSSR count). The molecule has 0 saturated heterocycles. The van der Waals surface area contributed by atoms with E-state index >= 15 is 0 Å². The van der Waals surface area contributed by atoms with Crippen LogP contribution in [0.2, 0.25) is 0 Å². The lowest BCUT2D eigenvalue weighted by Crippen LogP contribution is -2.34. The van der Waals surface area contributed by atoms with Crippen LogP contribution in [0.3, 0.4) is 0 Å². The molecule has 5 nitrogen and oxygen atoms in total. The molecule has 0 saturated carbocycles. The van der Waals surface area contributed by atoms with E-state index in [9.17, 15) is 9.59 Å². The molecule has 2 aromatic carbocycles. The van der Waals surface area contributed by atoms with Gasteiger partial charge in [0.15, 0.2) is 10.6 Å². The molecule has 0 atom stereocenters. The number of aryl methyl sites for hydroxylation is 2. The van der Waals surface area contributed by atoms with Crippen LogP contribution in [0.4, 0.5) is 5.13 Å². The van der Waals surface area contributed by atoms with Gasteiger partial charge in [0.2, 0.25) is 5.91 Å². The second kappa shape index (κ2) is 8.12. The van der Waals surface area contributed by atoms with E-state index in [1.165, 1.54) is 11.3 Å². The van der Waals surface area contributed by atoms with Crippen molar-refractivity contribution in [3.8, 4) is 0 Å². The highest BCUT2D eigenvalue weighted by Crippen LogP contribution is 2.32. The minimum absolute atomic E-state index is 0.00885. The van der Waals surface area contributed by atoms with E-state index < -0.39 is 0 Å². The maximum absolute atomic E-state index is 13.5. The highest BCUT2D eigenvalue weighted by atomic mass is 32.1. The SMILES string of the molecule is C=CCN(C(=O)Cn1c2ccccc2c(=O)c2ccccc21)c1nc2c(s1)CCCC2. The molecular weight excluding hydrogens is 406 g/mol. The molecule has 0 fully saturated rings.